The fraction of sp³-hybridized carbons (Fsp3) is 0.538. The fourth-order valence-corrected chi connectivity index (χ4v) is 4.20. The third-order valence-electron chi connectivity index (χ3n) is 4.91. The molecule has 1 N–H and O–H groups in total. The minimum absolute atomic E-state index is 0.508. The zero-order chi connectivity index (χ0) is 12.6. The lowest BCUT2D eigenvalue weighted by atomic mass is 9.74. The molecule has 0 saturated carbocycles. The SMILES string of the molecule is Clc1cc2[nH]nc(N3CC4CC5CC(C3)N54)c2cn1. The van der Waals surface area contributed by atoms with Crippen molar-refractivity contribution in [2.24, 2.45) is 0 Å². The molecule has 3 aliphatic rings. The molecule has 0 aromatic carbocycles. The molecule has 98 valence electrons. The fourth-order valence-electron chi connectivity index (χ4n) is 4.04. The monoisotopic (exact) mass is 275 g/mol. The van der Waals surface area contributed by atoms with Gasteiger partial charge in [0, 0.05) is 43.5 Å². The Labute approximate surface area is 115 Å². The van der Waals surface area contributed by atoms with Gasteiger partial charge in [0.05, 0.1) is 10.9 Å². The summed E-state index contributed by atoms with van der Waals surface area (Å²) in [6.07, 6.45) is 4.55. The van der Waals surface area contributed by atoms with Gasteiger partial charge in [0.1, 0.15) is 5.15 Å². The zero-order valence-electron chi connectivity index (χ0n) is 10.4. The Bertz CT molecular complexity index is 652. The van der Waals surface area contributed by atoms with Crippen LogP contribution in [0.1, 0.15) is 12.8 Å². The molecule has 0 bridgehead atoms. The first kappa shape index (κ1) is 10.5. The topological polar surface area (TPSA) is 48.1 Å². The number of hydrogen-bond acceptors (Lipinski definition) is 4. The van der Waals surface area contributed by atoms with E-state index in [0.717, 1.165) is 47.9 Å². The number of aromatic amines is 1. The van der Waals surface area contributed by atoms with Gasteiger partial charge in [0.2, 0.25) is 0 Å². The highest BCUT2D eigenvalue weighted by atomic mass is 35.5. The second-order valence-corrected chi connectivity index (χ2v) is 6.27. The van der Waals surface area contributed by atoms with Crippen molar-refractivity contribution in [1.29, 1.82) is 0 Å². The molecule has 0 aliphatic carbocycles. The molecule has 5 rings (SSSR count). The van der Waals surface area contributed by atoms with Gasteiger partial charge in [-0.3, -0.25) is 10.00 Å². The molecule has 3 fully saturated rings. The average Bonchev–Trinajstić information content (AvgIpc) is 2.73. The molecule has 6 heteroatoms. The molecule has 19 heavy (non-hydrogen) atoms. The standard InChI is InChI=1S/C13H14ClN5/c14-12-3-11-10(4-15-12)13(17-16-11)18-5-8-1-7-2-9(6-18)19(7)8/h3-4,7-9H,1-2,5-6H2,(H,16,17). The van der Waals surface area contributed by atoms with Crippen molar-refractivity contribution in [1.82, 2.24) is 20.1 Å². The van der Waals surface area contributed by atoms with Gasteiger partial charge < -0.3 is 4.90 Å². The van der Waals surface area contributed by atoms with E-state index in [9.17, 15) is 0 Å². The van der Waals surface area contributed by atoms with E-state index in [1.54, 1.807) is 0 Å². The van der Waals surface area contributed by atoms with Gasteiger partial charge in [-0.1, -0.05) is 11.6 Å². The van der Waals surface area contributed by atoms with Crippen LogP contribution in [0.25, 0.3) is 10.9 Å². The number of nitrogens with one attached hydrogen (secondary N) is 1. The van der Waals surface area contributed by atoms with Crippen molar-refractivity contribution >= 4 is 28.3 Å². The lowest BCUT2D eigenvalue weighted by molar-refractivity contribution is -0.126. The molecule has 2 unspecified atom stereocenters. The first-order chi connectivity index (χ1) is 9.29. The lowest BCUT2D eigenvalue weighted by Gasteiger charge is -2.66. The molecule has 2 aromatic rings. The molecular weight excluding hydrogens is 262 g/mol. The Balaban J connectivity index is 1.53. The highest BCUT2D eigenvalue weighted by Crippen LogP contribution is 2.45. The number of anilines is 1. The number of aromatic nitrogens is 3. The Morgan fingerprint density at radius 2 is 2.00 bits per heavy atom. The Morgan fingerprint density at radius 1 is 1.21 bits per heavy atom. The average molecular weight is 276 g/mol. The van der Waals surface area contributed by atoms with Crippen LogP contribution in [0.3, 0.4) is 0 Å². The number of H-pyrrole nitrogens is 1. The van der Waals surface area contributed by atoms with Crippen LogP contribution in [0, 0.1) is 0 Å². The first-order valence-electron chi connectivity index (χ1n) is 6.81. The van der Waals surface area contributed by atoms with Crippen molar-refractivity contribution in [2.45, 2.75) is 31.0 Å². The normalized spacial score (nSPS) is 32.9. The van der Waals surface area contributed by atoms with Crippen LogP contribution in [0.5, 0.6) is 0 Å². The van der Waals surface area contributed by atoms with Gasteiger partial charge in [-0.15, -0.1) is 0 Å². The summed E-state index contributed by atoms with van der Waals surface area (Å²) in [4.78, 5) is 9.27. The summed E-state index contributed by atoms with van der Waals surface area (Å²) < 4.78 is 0. The molecule has 2 aromatic heterocycles. The first-order valence-corrected chi connectivity index (χ1v) is 7.19. The summed E-state index contributed by atoms with van der Waals surface area (Å²) in [5.74, 6) is 1.04. The quantitative estimate of drug-likeness (QED) is 0.804. The zero-order valence-corrected chi connectivity index (χ0v) is 11.1. The number of rotatable bonds is 1. The van der Waals surface area contributed by atoms with Crippen LogP contribution in [0.2, 0.25) is 5.15 Å². The van der Waals surface area contributed by atoms with Gasteiger partial charge in [-0.2, -0.15) is 5.10 Å². The van der Waals surface area contributed by atoms with E-state index in [-0.39, 0.29) is 0 Å². The minimum atomic E-state index is 0.508. The van der Waals surface area contributed by atoms with Crippen LogP contribution in [-0.2, 0) is 0 Å². The number of fused-ring (bicyclic) bond motifs is 1. The molecule has 0 amide bonds. The predicted octanol–water partition coefficient (Wildman–Crippen LogP) is 1.65. The van der Waals surface area contributed by atoms with Crippen LogP contribution in [0.4, 0.5) is 5.82 Å². The smallest absolute Gasteiger partial charge is 0.159 e. The summed E-state index contributed by atoms with van der Waals surface area (Å²) >= 11 is 5.92. The number of hydrogen-bond donors (Lipinski definition) is 1. The maximum Gasteiger partial charge on any atom is 0.159 e. The number of nitrogens with zero attached hydrogens (tertiary/aromatic N) is 4. The summed E-state index contributed by atoms with van der Waals surface area (Å²) in [6.45, 7) is 2.19. The number of piperidine rings is 1. The van der Waals surface area contributed by atoms with Gasteiger partial charge in [0.15, 0.2) is 5.82 Å². The predicted molar refractivity (Wildman–Crippen MR) is 73.5 cm³/mol. The Hall–Kier alpha value is -1.33. The second kappa shape index (κ2) is 3.41. The number of piperazine rings is 1. The van der Waals surface area contributed by atoms with E-state index < -0.39 is 0 Å². The molecule has 5 heterocycles. The van der Waals surface area contributed by atoms with Crippen LogP contribution in [0.15, 0.2) is 12.3 Å². The van der Waals surface area contributed by atoms with Gasteiger partial charge in [-0.25, -0.2) is 4.98 Å². The van der Waals surface area contributed by atoms with E-state index in [4.69, 9.17) is 11.6 Å². The van der Waals surface area contributed by atoms with Gasteiger partial charge in [0.25, 0.3) is 0 Å². The van der Waals surface area contributed by atoms with E-state index in [1.807, 2.05) is 12.3 Å². The van der Waals surface area contributed by atoms with Gasteiger partial charge in [-0.05, 0) is 12.8 Å². The highest BCUT2D eigenvalue weighted by molar-refractivity contribution is 6.30. The third kappa shape index (κ3) is 1.29. The molecule has 2 atom stereocenters. The molecule has 3 saturated heterocycles. The van der Waals surface area contributed by atoms with Crippen LogP contribution < -0.4 is 4.90 Å². The molecule has 5 nitrogen and oxygen atoms in total. The Kier molecular flexibility index (Phi) is 1.87. The second-order valence-electron chi connectivity index (χ2n) is 5.88. The molecule has 3 aliphatic heterocycles. The maximum atomic E-state index is 5.92. The highest BCUT2D eigenvalue weighted by Gasteiger charge is 2.54. The van der Waals surface area contributed by atoms with Crippen molar-refractivity contribution in [3.05, 3.63) is 17.4 Å². The maximum absolute atomic E-state index is 5.92. The largest absolute Gasteiger partial charge is 0.351 e. The van der Waals surface area contributed by atoms with E-state index in [0.29, 0.717) is 5.15 Å². The van der Waals surface area contributed by atoms with Crippen LogP contribution >= 0.6 is 11.6 Å². The number of pyridine rings is 1. The Morgan fingerprint density at radius 3 is 2.74 bits per heavy atom. The third-order valence-corrected chi connectivity index (χ3v) is 5.12. The summed E-state index contributed by atoms with van der Waals surface area (Å²) in [5.41, 5.74) is 0.970. The lowest BCUT2D eigenvalue weighted by Crippen LogP contribution is -2.77. The van der Waals surface area contributed by atoms with E-state index >= 15 is 0 Å². The van der Waals surface area contributed by atoms with Crippen molar-refractivity contribution < 1.29 is 0 Å². The molecular formula is C13H14ClN5. The van der Waals surface area contributed by atoms with Crippen molar-refractivity contribution in [3.8, 4) is 0 Å². The van der Waals surface area contributed by atoms with Gasteiger partial charge >= 0.3 is 0 Å². The van der Waals surface area contributed by atoms with Crippen molar-refractivity contribution in [3.63, 3.8) is 0 Å². The summed E-state index contributed by atoms with van der Waals surface area (Å²) in [5, 5.41) is 9.13. The molecule has 0 radical (unpaired) electrons. The summed E-state index contributed by atoms with van der Waals surface area (Å²) in [6, 6.07) is 4.22. The minimum Gasteiger partial charge on any atom is -0.351 e. The van der Waals surface area contributed by atoms with E-state index in [1.165, 1.54) is 12.8 Å². The molecule has 0 spiro atoms. The van der Waals surface area contributed by atoms with E-state index in [2.05, 4.69) is 25.0 Å². The van der Waals surface area contributed by atoms with Crippen molar-refractivity contribution in [2.75, 3.05) is 18.0 Å². The number of halogens is 1. The summed E-state index contributed by atoms with van der Waals surface area (Å²) in [7, 11) is 0. The van der Waals surface area contributed by atoms with Crippen LogP contribution in [-0.4, -0.2) is 51.3 Å².